The van der Waals surface area contributed by atoms with Crippen LogP contribution in [0.5, 0.6) is 0 Å². The van der Waals surface area contributed by atoms with Crippen molar-refractivity contribution in [3.05, 3.63) is 40.7 Å². The van der Waals surface area contributed by atoms with Crippen LogP contribution in [0.3, 0.4) is 0 Å². The molecule has 0 spiro atoms. The second-order valence-corrected chi connectivity index (χ2v) is 9.34. The Bertz CT molecular complexity index is 942. The zero-order chi connectivity index (χ0) is 18.4. The number of rotatable bonds is 4. The lowest BCUT2D eigenvalue weighted by Crippen LogP contribution is -2.14. The summed E-state index contributed by atoms with van der Waals surface area (Å²) >= 11 is 0. The monoisotopic (exact) mass is 360 g/mol. The highest BCUT2D eigenvalue weighted by Crippen LogP contribution is 2.32. The highest BCUT2D eigenvalue weighted by atomic mass is 32.2. The van der Waals surface area contributed by atoms with Crippen molar-refractivity contribution in [1.29, 1.82) is 0 Å². The van der Waals surface area contributed by atoms with Gasteiger partial charge >= 0.3 is 0 Å². The smallest absolute Gasteiger partial charge is 0.160 e. The Labute approximate surface area is 149 Å². The second-order valence-electron chi connectivity index (χ2n) is 7.11. The van der Waals surface area contributed by atoms with Crippen LogP contribution in [0.25, 0.3) is 11.4 Å². The first-order chi connectivity index (χ1) is 11.7. The van der Waals surface area contributed by atoms with E-state index in [1.807, 2.05) is 37.6 Å². The molecular formula is C19H24N2O3S. The molecule has 1 atom stereocenters. The Balaban J connectivity index is 2.03. The Morgan fingerprint density at radius 3 is 2.60 bits per heavy atom. The number of aryl methyl sites for hydroxylation is 2. The van der Waals surface area contributed by atoms with Gasteiger partial charge in [-0.15, -0.1) is 0 Å². The molecule has 6 heteroatoms. The first-order valence-corrected chi connectivity index (χ1v) is 10.4. The van der Waals surface area contributed by atoms with E-state index in [1.165, 1.54) is 0 Å². The molecule has 134 valence electrons. The molecule has 2 heterocycles. The average molecular weight is 360 g/mol. The molecular weight excluding hydrogens is 336 g/mol. The Hall–Kier alpha value is -1.95. The molecule has 1 saturated heterocycles. The van der Waals surface area contributed by atoms with Crippen molar-refractivity contribution < 1.29 is 13.2 Å². The number of aromatic nitrogens is 2. The molecule has 0 saturated carbocycles. The molecule has 1 fully saturated rings. The molecule has 1 aliphatic rings. The van der Waals surface area contributed by atoms with Crippen LogP contribution in [0.4, 0.5) is 0 Å². The number of carbonyl (C=O) groups is 1. The Morgan fingerprint density at radius 2 is 2.00 bits per heavy atom. The average Bonchev–Trinajstić information content (AvgIpc) is 3.05. The SMILES string of the molecule is CC(=O)c1c(C)cc(C)c(-c2nccn2C[C@@H]2CCS(=O)(=O)C2)c1C. The van der Waals surface area contributed by atoms with Crippen LogP contribution in [0.2, 0.25) is 0 Å². The number of sulfone groups is 1. The van der Waals surface area contributed by atoms with Gasteiger partial charge in [0.15, 0.2) is 15.6 Å². The normalized spacial score (nSPS) is 19.3. The van der Waals surface area contributed by atoms with E-state index in [4.69, 9.17) is 0 Å². The van der Waals surface area contributed by atoms with Gasteiger partial charge in [0.05, 0.1) is 11.5 Å². The summed E-state index contributed by atoms with van der Waals surface area (Å²) < 4.78 is 25.5. The summed E-state index contributed by atoms with van der Waals surface area (Å²) in [5.41, 5.74) is 4.72. The fourth-order valence-electron chi connectivity index (χ4n) is 4.05. The summed E-state index contributed by atoms with van der Waals surface area (Å²) in [7, 11) is -2.89. The van der Waals surface area contributed by atoms with E-state index in [0.717, 1.165) is 33.6 Å². The minimum Gasteiger partial charge on any atom is -0.331 e. The van der Waals surface area contributed by atoms with Gasteiger partial charge in [0, 0.05) is 30.1 Å². The van der Waals surface area contributed by atoms with E-state index in [1.54, 1.807) is 13.1 Å². The van der Waals surface area contributed by atoms with Crippen LogP contribution in [0.1, 0.15) is 40.4 Å². The first kappa shape index (κ1) is 17.9. The van der Waals surface area contributed by atoms with Crippen LogP contribution in [-0.4, -0.2) is 35.3 Å². The summed E-state index contributed by atoms with van der Waals surface area (Å²) in [5, 5.41) is 0. The van der Waals surface area contributed by atoms with Crippen LogP contribution in [-0.2, 0) is 16.4 Å². The summed E-state index contributed by atoms with van der Waals surface area (Å²) in [6.07, 6.45) is 4.34. The quantitative estimate of drug-likeness (QED) is 0.786. The third-order valence-corrected chi connectivity index (χ3v) is 6.88. The summed E-state index contributed by atoms with van der Waals surface area (Å²) in [6.45, 7) is 8.17. The molecule has 0 unspecified atom stereocenters. The van der Waals surface area contributed by atoms with Crippen LogP contribution < -0.4 is 0 Å². The first-order valence-electron chi connectivity index (χ1n) is 8.53. The lowest BCUT2D eigenvalue weighted by atomic mass is 9.91. The molecule has 3 rings (SSSR count). The minimum atomic E-state index is -2.89. The van der Waals surface area contributed by atoms with E-state index in [0.29, 0.717) is 13.0 Å². The third-order valence-electron chi connectivity index (χ3n) is 5.04. The molecule has 1 aliphatic heterocycles. The van der Waals surface area contributed by atoms with Crippen LogP contribution in [0.15, 0.2) is 18.5 Å². The second kappa shape index (κ2) is 6.41. The van der Waals surface area contributed by atoms with Crippen LogP contribution in [0, 0.1) is 26.7 Å². The van der Waals surface area contributed by atoms with Crippen molar-refractivity contribution in [1.82, 2.24) is 9.55 Å². The van der Waals surface area contributed by atoms with Crippen molar-refractivity contribution in [3.63, 3.8) is 0 Å². The van der Waals surface area contributed by atoms with E-state index in [-0.39, 0.29) is 23.2 Å². The van der Waals surface area contributed by atoms with Gasteiger partial charge in [-0.05, 0) is 56.7 Å². The van der Waals surface area contributed by atoms with Gasteiger partial charge in [-0.2, -0.15) is 0 Å². The van der Waals surface area contributed by atoms with Gasteiger partial charge in [0.2, 0.25) is 0 Å². The van der Waals surface area contributed by atoms with Gasteiger partial charge in [-0.3, -0.25) is 4.79 Å². The molecule has 0 N–H and O–H groups in total. The number of hydrogen-bond acceptors (Lipinski definition) is 4. The lowest BCUT2D eigenvalue weighted by molar-refractivity contribution is 0.101. The Morgan fingerprint density at radius 1 is 1.28 bits per heavy atom. The number of nitrogens with zero attached hydrogens (tertiary/aromatic N) is 2. The van der Waals surface area contributed by atoms with Crippen molar-refractivity contribution >= 4 is 15.6 Å². The Kier molecular flexibility index (Phi) is 4.58. The molecule has 0 bridgehead atoms. The number of imidazole rings is 1. The van der Waals surface area contributed by atoms with Gasteiger partial charge in [-0.1, -0.05) is 6.07 Å². The minimum absolute atomic E-state index is 0.0521. The summed E-state index contributed by atoms with van der Waals surface area (Å²) in [4.78, 5) is 16.6. The maximum atomic E-state index is 12.1. The number of ketones is 1. The lowest BCUT2D eigenvalue weighted by Gasteiger charge is -2.18. The van der Waals surface area contributed by atoms with Crippen LogP contribution >= 0.6 is 0 Å². The highest BCUT2D eigenvalue weighted by molar-refractivity contribution is 7.91. The van der Waals surface area contributed by atoms with Crippen molar-refractivity contribution in [2.45, 2.75) is 40.7 Å². The largest absolute Gasteiger partial charge is 0.331 e. The molecule has 0 amide bonds. The summed E-state index contributed by atoms with van der Waals surface area (Å²) in [6, 6.07) is 2.03. The zero-order valence-corrected chi connectivity index (χ0v) is 16.0. The predicted octanol–water partition coefficient (Wildman–Crippen LogP) is 3.11. The maximum Gasteiger partial charge on any atom is 0.160 e. The topological polar surface area (TPSA) is 69.0 Å². The van der Waals surface area contributed by atoms with Crippen molar-refractivity contribution in [2.24, 2.45) is 5.92 Å². The molecule has 5 nitrogen and oxygen atoms in total. The van der Waals surface area contributed by atoms with Crippen molar-refractivity contribution in [3.8, 4) is 11.4 Å². The van der Waals surface area contributed by atoms with Crippen molar-refractivity contribution in [2.75, 3.05) is 11.5 Å². The molecule has 1 aromatic carbocycles. The molecule has 1 aromatic heterocycles. The predicted molar refractivity (Wildman–Crippen MR) is 98.6 cm³/mol. The van der Waals surface area contributed by atoms with E-state index in [9.17, 15) is 13.2 Å². The fourth-order valence-corrected chi connectivity index (χ4v) is 5.90. The molecule has 25 heavy (non-hydrogen) atoms. The standard InChI is InChI=1S/C19H24N2O3S/c1-12-9-13(2)18(14(3)17(12)15(4)22)19-20-6-7-21(19)10-16-5-8-25(23,24)11-16/h6-7,9,16H,5,8,10-11H2,1-4H3/t16-/m0/s1. The van der Waals surface area contributed by atoms with Gasteiger partial charge in [0.1, 0.15) is 5.82 Å². The fraction of sp³-hybridized carbons (Fsp3) is 0.474. The number of benzene rings is 1. The van der Waals surface area contributed by atoms with E-state index in [2.05, 4.69) is 4.98 Å². The zero-order valence-electron chi connectivity index (χ0n) is 15.2. The van der Waals surface area contributed by atoms with E-state index < -0.39 is 9.84 Å². The highest BCUT2D eigenvalue weighted by Gasteiger charge is 2.29. The number of hydrogen-bond donors (Lipinski definition) is 0. The third kappa shape index (κ3) is 3.40. The van der Waals surface area contributed by atoms with Gasteiger partial charge < -0.3 is 4.57 Å². The number of Topliss-reactive ketones (excluding diaryl/α,β-unsaturated/α-hetero) is 1. The molecule has 2 aromatic rings. The van der Waals surface area contributed by atoms with Gasteiger partial charge in [0.25, 0.3) is 0 Å². The maximum absolute atomic E-state index is 12.1. The number of carbonyl (C=O) groups excluding carboxylic acids is 1. The van der Waals surface area contributed by atoms with E-state index >= 15 is 0 Å². The molecule has 0 aliphatic carbocycles. The van der Waals surface area contributed by atoms with Gasteiger partial charge in [-0.25, -0.2) is 13.4 Å². The molecule has 0 radical (unpaired) electrons. The summed E-state index contributed by atoms with van der Waals surface area (Å²) in [5.74, 6) is 1.50.